The summed E-state index contributed by atoms with van der Waals surface area (Å²) in [5.41, 5.74) is 3.62. The van der Waals surface area contributed by atoms with E-state index in [-0.39, 0.29) is 5.91 Å². The van der Waals surface area contributed by atoms with Gasteiger partial charge < -0.3 is 9.73 Å². The average molecular weight is 509 g/mol. The molecule has 172 valence electrons. The van der Waals surface area contributed by atoms with Crippen LogP contribution in [0.25, 0.3) is 11.3 Å². The summed E-state index contributed by atoms with van der Waals surface area (Å²) in [6.07, 6.45) is 5.80. The Morgan fingerprint density at radius 2 is 1.85 bits per heavy atom. The second-order valence-electron chi connectivity index (χ2n) is 8.12. The molecular formula is C27H22Cl2N2O2S. The van der Waals surface area contributed by atoms with Crippen molar-refractivity contribution in [3.05, 3.63) is 98.0 Å². The Bertz CT molecular complexity index is 1360. The molecule has 0 atom stereocenters. The highest BCUT2D eigenvalue weighted by atomic mass is 35.5. The Labute approximate surface area is 212 Å². The minimum atomic E-state index is -0.0822. The number of fused-ring (bicyclic) bond motifs is 1. The molecule has 0 saturated carbocycles. The van der Waals surface area contributed by atoms with Crippen molar-refractivity contribution >= 4 is 51.7 Å². The zero-order chi connectivity index (χ0) is 23.5. The summed E-state index contributed by atoms with van der Waals surface area (Å²) in [6.45, 7) is 0.482. The van der Waals surface area contributed by atoms with E-state index in [1.165, 1.54) is 4.88 Å². The Morgan fingerprint density at radius 3 is 2.71 bits per heavy atom. The topological polar surface area (TPSA) is 54.6 Å². The van der Waals surface area contributed by atoms with Crippen LogP contribution >= 0.6 is 34.5 Å². The van der Waals surface area contributed by atoms with E-state index in [0.29, 0.717) is 33.7 Å². The van der Waals surface area contributed by atoms with Crippen molar-refractivity contribution in [3.63, 3.8) is 0 Å². The van der Waals surface area contributed by atoms with Gasteiger partial charge in [-0.05, 0) is 61.1 Å². The molecule has 0 bridgehead atoms. The Kier molecular flexibility index (Phi) is 6.86. The van der Waals surface area contributed by atoms with Crippen molar-refractivity contribution in [3.8, 4) is 11.3 Å². The highest BCUT2D eigenvalue weighted by Crippen LogP contribution is 2.40. The predicted octanol–water partition coefficient (Wildman–Crippen LogP) is 7.87. The number of hydrogen-bond acceptors (Lipinski definition) is 4. The SMILES string of the molecule is O=C(NCc1ccccc1)c1c(N=Cc2ccc(-c3cccc(Cl)c3Cl)o2)sc2c1CCCC2. The average Bonchev–Trinajstić information content (AvgIpc) is 3.48. The number of hydrogen-bond donors (Lipinski definition) is 1. The summed E-state index contributed by atoms with van der Waals surface area (Å²) in [6, 6.07) is 19.0. The van der Waals surface area contributed by atoms with Gasteiger partial charge in [0.05, 0.1) is 21.8 Å². The van der Waals surface area contributed by atoms with Crippen molar-refractivity contribution in [2.75, 3.05) is 0 Å². The van der Waals surface area contributed by atoms with E-state index in [2.05, 4.69) is 10.3 Å². The summed E-state index contributed by atoms with van der Waals surface area (Å²) in [5, 5.41) is 4.71. The van der Waals surface area contributed by atoms with Crippen molar-refractivity contribution in [1.29, 1.82) is 0 Å². The lowest BCUT2D eigenvalue weighted by atomic mass is 9.95. The molecule has 7 heteroatoms. The smallest absolute Gasteiger partial charge is 0.254 e. The van der Waals surface area contributed by atoms with Crippen LogP contribution in [0.2, 0.25) is 10.0 Å². The van der Waals surface area contributed by atoms with Gasteiger partial charge in [0, 0.05) is 17.0 Å². The second kappa shape index (κ2) is 10.2. The number of carbonyl (C=O) groups is 1. The Balaban J connectivity index is 1.40. The van der Waals surface area contributed by atoms with Gasteiger partial charge in [-0.15, -0.1) is 11.3 Å². The molecule has 4 aromatic rings. The number of amides is 1. The molecule has 2 heterocycles. The van der Waals surface area contributed by atoms with Crippen LogP contribution in [-0.2, 0) is 19.4 Å². The van der Waals surface area contributed by atoms with Crippen LogP contribution in [0.15, 0.2) is 70.1 Å². The molecule has 1 amide bonds. The number of aryl methyl sites for hydroxylation is 1. The first kappa shape index (κ1) is 22.9. The fraction of sp³-hybridized carbons (Fsp3) is 0.185. The molecule has 0 aliphatic heterocycles. The monoisotopic (exact) mass is 508 g/mol. The van der Waals surface area contributed by atoms with E-state index >= 15 is 0 Å². The Morgan fingerprint density at radius 1 is 1.03 bits per heavy atom. The summed E-state index contributed by atoms with van der Waals surface area (Å²) in [5.74, 6) is 1.11. The highest BCUT2D eigenvalue weighted by Gasteiger charge is 2.25. The van der Waals surface area contributed by atoms with Gasteiger partial charge in [-0.25, -0.2) is 4.99 Å². The molecule has 0 radical (unpaired) electrons. The molecule has 2 aromatic heterocycles. The number of benzene rings is 2. The third kappa shape index (κ3) is 4.83. The van der Waals surface area contributed by atoms with Crippen LogP contribution in [0.3, 0.4) is 0 Å². The number of nitrogens with one attached hydrogen (secondary N) is 1. The number of halogens is 2. The summed E-state index contributed by atoms with van der Waals surface area (Å²) < 4.78 is 5.95. The molecule has 4 nitrogen and oxygen atoms in total. The minimum Gasteiger partial charge on any atom is -0.455 e. The molecule has 34 heavy (non-hydrogen) atoms. The first-order valence-electron chi connectivity index (χ1n) is 11.1. The van der Waals surface area contributed by atoms with E-state index in [9.17, 15) is 4.79 Å². The summed E-state index contributed by atoms with van der Waals surface area (Å²) >= 11 is 14.1. The zero-order valence-corrected chi connectivity index (χ0v) is 20.6. The zero-order valence-electron chi connectivity index (χ0n) is 18.3. The van der Waals surface area contributed by atoms with E-state index in [4.69, 9.17) is 27.6 Å². The molecule has 0 saturated heterocycles. The molecule has 2 aromatic carbocycles. The van der Waals surface area contributed by atoms with Gasteiger partial charge >= 0.3 is 0 Å². The minimum absolute atomic E-state index is 0.0822. The lowest BCUT2D eigenvalue weighted by Gasteiger charge is -2.12. The number of nitrogens with zero attached hydrogens (tertiary/aromatic N) is 1. The van der Waals surface area contributed by atoms with Crippen molar-refractivity contribution in [2.45, 2.75) is 32.2 Å². The first-order valence-corrected chi connectivity index (χ1v) is 12.7. The van der Waals surface area contributed by atoms with Gasteiger partial charge in [-0.1, -0.05) is 59.6 Å². The lowest BCUT2D eigenvalue weighted by Crippen LogP contribution is -2.24. The molecule has 0 fully saturated rings. The number of aliphatic imine (C=N–C) groups is 1. The normalized spacial score (nSPS) is 13.2. The number of thiophene rings is 1. The molecule has 0 unspecified atom stereocenters. The maximum atomic E-state index is 13.2. The van der Waals surface area contributed by atoms with Crippen molar-refractivity contribution in [2.24, 2.45) is 4.99 Å². The van der Waals surface area contributed by atoms with E-state index in [0.717, 1.165) is 47.4 Å². The largest absolute Gasteiger partial charge is 0.455 e. The highest BCUT2D eigenvalue weighted by molar-refractivity contribution is 7.16. The fourth-order valence-corrected chi connectivity index (χ4v) is 5.75. The van der Waals surface area contributed by atoms with Gasteiger partial charge in [-0.2, -0.15) is 0 Å². The molecule has 1 aliphatic carbocycles. The van der Waals surface area contributed by atoms with Gasteiger partial charge in [0.2, 0.25) is 0 Å². The third-order valence-corrected chi connectivity index (χ3v) is 7.85. The number of carbonyl (C=O) groups excluding carboxylic acids is 1. The third-order valence-electron chi connectivity index (χ3n) is 5.83. The van der Waals surface area contributed by atoms with Crippen LogP contribution in [0.4, 0.5) is 5.00 Å². The molecular weight excluding hydrogens is 487 g/mol. The van der Waals surface area contributed by atoms with Gasteiger partial charge in [-0.3, -0.25) is 4.79 Å². The fourth-order valence-electron chi connectivity index (χ4n) is 4.13. The van der Waals surface area contributed by atoms with Gasteiger partial charge in [0.1, 0.15) is 16.5 Å². The number of furan rings is 1. The standard InChI is InChI=1S/C27H22Cl2N2O2S/c28-21-11-6-10-19(25(21)29)22-14-13-18(33-22)16-31-27-24(20-9-4-5-12-23(20)34-27)26(32)30-15-17-7-2-1-3-8-17/h1-3,6-8,10-11,13-14,16H,4-5,9,12,15H2,(H,30,32). The van der Waals surface area contributed by atoms with Crippen molar-refractivity contribution < 1.29 is 9.21 Å². The van der Waals surface area contributed by atoms with E-state index < -0.39 is 0 Å². The lowest BCUT2D eigenvalue weighted by molar-refractivity contribution is 0.0951. The van der Waals surface area contributed by atoms with Crippen LogP contribution in [0, 0.1) is 0 Å². The van der Waals surface area contributed by atoms with E-state index in [1.807, 2.05) is 54.6 Å². The van der Waals surface area contributed by atoms with Gasteiger partial charge in [0.15, 0.2) is 0 Å². The molecule has 0 spiro atoms. The van der Waals surface area contributed by atoms with Crippen LogP contribution in [-0.4, -0.2) is 12.1 Å². The number of rotatable bonds is 6. The van der Waals surface area contributed by atoms with E-state index in [1.54, 1.807) is 23.6 Å². The summed E-state index contributed by atoms with van der Waals surface area (Å²) in [7, 11) is 0. The molecule has 1 N–H and O–H groups in total. The Hall–Kier alpha value is -2.86. The second-order valence-corrected chi connectivity index (χ2v) is 9.99. The maximum Gasteiger partial charge on any atom is 0.254 e. The van der Waals surface area contributed by atoms with Crippen molar-refractivity contribution in [1.82, 2.24) is 5.32 Å². The van der Waals surface area contributed by atoms with Crippen LogP contribution in [0.5, 0.6) is 0 Å². The van der Waals surface area contributed by atoms with Crippen LogP contribution < -0.4 is 5.32 Å². The maximum absolute atomic E-state index is 13.2. The van der Waals surface area contributed by atoms with Crippen LogP contribution in [0.1, 0.15) is 45.0 Å². The van der Waals surface area contributed by atoms with Gasteiger partial charge in [0.25, 0.3) is 5.91 Å². The first-order chi connectivity index (χ1) is 16.6. The predicted molar refractivity (Wildman–Crippen MR) is 140 cm³/mol. The quantitative estimate of drug-likeness (QED) is 0.269. The molecule has 1 aliphatic rings. The summed E-state index contributed by atoms with van der Waals surface area (Å²) in [4.78, 5) is 19.2. The molecule has 5 rings (SSSR count).